The van der Waals surface area contributed by atoms with Crippen LogP contribution in [0.15, 0.2) is 60.7 Å². The quantitative estimate of drug-likeness (QED) is 0.680. The molecular weight excluding hydrogens is 343 g/mol. The zero-order valence-electron chi connectivity index (χ0n) is 15.2. The summed E-state index contributed by atoms with van der Waals surface area (Å²) in [7, 11) is 0. The molecule has 3 aromatic rings. The highest BCUT2D eigenvalue weighted by Gasteiger charge is 2.10. The Bertz CT molecular complexity index is 908. The lowest BCUT2D eigenvalue weighted by Crippen LogP contribution is -2.24. The van der Waals surface area contributed by atoms with E-state index in [1.54, 1.807) is 24.3 Å². The van der Waals surface area contributed by atoms with Crippen molar-refractivity contribution < 1.29 is 9.18 Å². The predicted octanol–water partition coefficient (Wildman–Crippen LogP) is 4.41. The molecule has 0 aliphatic heterocycles. The van der Waals surface area contributed by atoms with E-state index in [-0.39, 0.29) is 17.4 Å². The van der Waals surface area contributed by atoms with Crippen molar-refractivity contribution in [2.45, 2.75) is 26.3 Å². The topological polar surface area (TPSA) is 66.9 Å². The highest BCUT2D eigenvalue weighted by Crippen LogP contribution is 2.25. The van der Waals surface area contributed by atoms with Crippen molar-refractivity contribution in [2.75, 3.05) is 5.32 Å². The first kappa shape index (κ1) is 18.5. The van der Waals surface area contributed by atoms with Crippen molar-refractivity contribution in [2.24, 2.45) is 0 Å². The molecule has 0 saturated heterocycles. The summed E-state index contributed by atoms with van der Waals surface area (Å²) in [5.74, 6) is 0.301. The Labute approximate surface area is 157 Å². The van der Waals surface area contributed by atoms with Gasteiger partial charge in [-0.05, 0) is 47.4 Å². The fourth-order valence-electron chi connectivity index (χ4n) is 2.65. The zero-order valence-corrected chi connectivity index (χ0v) is 15.2. The summed E-state index contributed by atoms with van der Waals surface area (Å²) in [6, 6.07) is 17.3. The van der Waals surface area contributed by atoms with Crippen molar-refractivity contribution in [1.29, 1.82) is 0 Å². The number of carbonyl (C=O) groups excluding carboxylic acids is 1. The van der Waals surface area contributed by atoms with E-state index >= 15 is 0 Å². The molecule has 2 aromatic carbocycles. The lowest BCUT2D eigenvalue weighted by molar-refractivity contribution is 0.0945. The minimum Gasteiger partial charge on any atom is -0.347 e. The smallest absolute Gasteiger partial charge is 0.272 e. The lowest BCUT2D eigenvalue weighted by atomic mass is 10.0. The molecule has 0 unspecified atom stereocenters. The van der Waals surface area contributed by atoms with Gasteiger partial charge in [-0.1, -0.05) is 44.2 Å². The number of hydrogen-bond acceptors (Lipinski definition) is 4. The third-order valence-corrected chi connectivity index (χ3v) is 4.11. The van der Waals surface area contributed by atoms with E-state index in [0.29, 0.717) is 18.3 Å². The Kier molecular flexibility index (Phi) is 5.76. The van der Waals surface area contributed by atoms with Gasteiger partial charge in [-0.2, -0.15) is 0 Å². The summed E-state index contributed by atoms with van der Waals surface area (Å²) >= 11 is 0. The molecule has 3 rings (SSSR count). The van der Waals surface area contributed by atoms with E-state index in [2.05, 4.69) is 40.7 Å². The van der Waals surface area contributed by atoms with Gasteiger partial charge in [0.05, 0.1) is 0 Å². The van der Waals surface area contributed by atoms with Crippen molar-refractivity contribution >= 4 is 17.4 Å². The minimum absolute atomic E-state index is 0.222. The molecule has 0 fully saturated rings. The van der Waals surface area contributed by atoms with Crippen molar-refractivity contribution in [3.63, 3.8) is 0 Å². The van der Waals surface area contributed by atoms with Gasteiger partial charge in [0.1, 0.15) is 5.82 Å². The van der Waals surface area contributed by atoms with Gasteiger partial charge in [0.15, 0.2) is 11.5 Å². The Balaban J connectivity index is 1.63. The summed E-state index contributed by atoms with van der Waals surface area (Å²) in [5.41, 5.74) is 3.18. The second kappa shape index (κ2) is 8.40. The molecule has 1 aromatic heterocycles. The minimum atomic E-state index is -0.332. The van der Waals surface area contributed by atoms with Crippen LogP contribution in [0.25, 0.3) is 0 Å². The van der Waals surface area contributed by atoms with Gasteiger partial charge < -0.3 is 10.6 Å². The fourth-order valence-corrected chi connectivity index (χ4v) is 2.65. The summed E-state index contributed by atoms with van der Waals surface area (Å²) < 4.78 is 12.9. The summed E-state index contributed by atoms with van der Waals surface area (Å²) in [5, 5.41) is 14.1. The van der Waals surface area contributed by atoms with Crippen LogP contribution in [0.5, 0.6) is 0 Å². The van der Waals surface area contributed by atoms with Crippen LogP contribution in [0.2, 0.25) is 0 Å². The first-order chi connectivity index (χ1) is 13.0. The maximum atomic E-state index is 12.9. The van der Waals surface area contributed by atoms with E-state index in [4.69, 9.17) is 0 Å². The van der Waals surface area contributed by atoms with Crippen molar-refractivity contribution in [3.05, 3.63) is 83.3 Å². The van der Waals surface area contributed by atoms with Gasteiger partial charge in [0.2, 0.25) is 0 Å². The second-order valence-electron chi connectivity index (χ2n) is 6.48. The molecule has 5 nitrogen and oxygen atoms in total. The van der Waals surface area contributed by atoms with Crippen LogP contribution in [0.3, 0.4) is 0 Å². The van der Waals surface area contributed by atoms with Gasteiger partial charge in [0.25, 0.3) is 5.91 Å². The summed E-state index contributed by atoms with van der Waals surface area (Å²) in [4.78, 5) is 12.2. The second-order valence-corrected chi connectivity index (χ2v) is 6.48. The normalized spacial score (nSPS) is 10.7. The predicted molar refractivity (Wildman–Crippen MR) is 103 cm³/mol. The number of para-hydroxylation sites is 1. The average molecular weight is 364 g/mol. The van der Waals surface area contributed by atoms with Crippen LogP contribution >= 0.6 is 0 Å². The summed E-state index contributed by atoms with van der Waals surface area (Å²) in [6.45, 7) is 4.55. The highest BCUT2D eigenvalue weighted by atomic mass is 19.1. The number of rotatable bonds is 6. The molecule has 27 heavy (non-hydrogen) atoms. The zero-order chi connectivity index (χ0) is 19.2. The summed E-state index contributed by atoms with van der Waals surface area (Å²) in [6.07, 6.45) is 0. The number of hydrogen-bond donors (Lipinski definition) is 2. The molecule has 0 bridgehead atoms. The molecular formula is C21H21FN4O. The maximum Gasteiger partial charge on any atom is 0.272 e. The number of halogens is 1. The Morgan fingerprint density at radius 1 is 1.00 bits per heavy atom. The van der Waals surface area contributed by atoms with E-state index in [1.165, 1.54) is 17.7 Å². The van der Waals surface area contributed by atoms with Gasteiger partial charge >= 0.3 is 0 Å². The molecule has 6 heteroatoms. The molecule has 1 amide bonds. The van der Waals surface area contributed by atoms with Crippen molar-refractivity contribution in [1.82, 2.24) is 15.5 Å². The monoisotopic (exact) mass is 364 g/mol. The van der Waals surface area contributed by atoms with Gasteiger partial charge in [-0.15, -0.1) is 10.2 Å². The first-order valence-electron chi connectivity index (χ1n) is 8.75. The van der Waals surface area contributed by atoms with Crippen LogP contribution in [-0.4, -0.2) is 16.1 Å². The standard InChI is InChI=1S/C21H21FN4O/c1-14(2)17-5-3-4-6-18(17)24-20-12-11-19(25-26-20)21(27)23-13-15-7-9-16(22)10-8-15/h3-12,14H,13H2,1-2H3,(H,23,27)(H,24,26). The third-order valence-electron chi connectivity index (χ3n) is 4.11. The van der Waals surface area contributed by atoms with E-state index < -0.39 is 0 Å². The molecule has 0 aliphatic rings. The van der Waals surface area contributed by atoms with Gasteiger partial charge in [-0.3, -0.25) is 4.79 Å². The number of nitrogens with zero attached hydrogens (tertiary/aromatic N) is 2. The molecule has 138 valence electrons. The van der Waals surface area contributed by atoms with Gasteiger partial charge in [-0.25, -0.2) is 4.39 Å². The van der Waals surface area contributed by atoms with E-state index in [9.17, 15) is 9.18 Å². The largest absolute Gasteiger partial charge is 0.347 e. The van der Waals surface area contributed by atoms with Crippen LogP contribution in [-0.2, 0) is 6.54 Å². The first-order valence-corrected chi connectivity index (χ1v) is 8.75. The number of amides is 1. The number of benzene rings is 2. The van der Waals surface area contributed by atoms with E-state index in [0.717, 1.165) is 11.3 Å². The maximum absolute atomic E-state index is 12.9. The number of carbonyl (C=O) groups is 1. The van der Waals surface area contributed by atoms with Crippen molar-refractivity contribution in [3.8, 4) is 0 Å². The number of nitrogens with one attached hydrogen (secondary N) is 2. The molecule has 0 saturated carbocycles. The van der Waals surface area contributed by atoms with Gasteiger partial charge in [0, 0.05) is 12.2 Å². The molecule has 0 radical (unpaired) electrons. The SMILES string of the molecule is CC(C)c1ccccc1Nc1ccc(C(=O)NCc2ccc(F)cc2)nn1. The Morgan fingerprint density at radius 3 is 2.41 bits per heavy atom. The Hall–Kier alpha value is -3.28. The molecule has 0 spiro atoms. The number of anilines is 2. The van der Waals surface area contributed by atoms with Crippen LogP contribution in [0, 0.1) is 5.82 Å². The Morgan fingerprint density at radius 2 is 1.74 bits per heavy atom. The van der Waals surface area contributed by atoms with Crippen LogP contribution in [0.4, 0.5) is 15.9 Å². The fraction of sp³-hybridized carbons (Fsp3) is 0.190. The molecule has 2 N–H and O–H groups in total. The number of aromatic nitrogens is 2. The van der Waals surface area contributed by atoms with Crippen LogP contribution in [0.1, 0.15) is 41.4 Å². The third kappa shape index (κ3) is 4.88. The van der Waals surface area contributed by atoms with E-state index in [1.807, 2.05) is 18.2 Å². The lowest BCUT2D eigenvalue weighted by Gasteiger charge is -2.13. The highest BCUT2D eigenvalue weighted by molar-refractivity contribution is 5.92. The van der Waals surface area contributed by atoms with Crippen LogP contribution < -0.4 is 10.6 Å². The molecule has 0 atom stereocenters. The molecule has 1 heterocycles. The molecule has 0 aliphatic carbocycles. The average Bonchev–Trinajstić information content (AvgIpc) is 2.68.